The highest BCUT2D eigenvalue weighted by Gasteiger charge is 2.29. The maximum atomic E-state index is 13.1. The molecule has 8 heteroatoms. The number of aryl methyl sites for hydroxylation is 1. The van der Waals surface area contributed by atoms with Crippen LogP contribution in [0.25, 0.3) is 0 Å². The van der Waals surface area contributed by atoms with Crippen molar-refractivity contribution in [1.29, 1.82) is 0 Å². The van der Waals surface area contributed by atoms with Gasteiger partial charge in [-0.1, -0.05) is 25.3 Å². The smallest absolute Gasteiger partial charge is 0.251 e. The first-order valence-corrected chi connectivity index (χ1v) is 13.1. The fourth-order valence-electron chi connectivity index (χ4n) is 3.91. The van der Waals surface area contributed by atoms with Crippen molar-refractivity contribution < 1.29 is 13.2 Å². The van der Waals surface area contributed by atoms with Gasteiger partial charge in [-0.2, -0.15) is 16.1 Å². The van der Waals surface area contributed by atoms with Crippen LogP contribution in [-0.2, 0) is 10.0 Å². The SMILES string of the molecule is Cc1ccc(C(=O)NCCSC2CCCCC2)cc1S(=O)(=O)N1CCN(C)CC1. The van der Waals surface area contributed by atoms with Crippen LogP contribution in [0.5, 0.6) is 0 Å². The van der Waals surface area contributed by atoms with E-state index in [9.17, 15) is 13.2 Å². The van der Waals surface area contributed by atoms with E-state index in [-0.39, 0.29) is 10.8 Å². The molecule has 162 valence electrons. The lowest BCUT2D eigenvalue weighted by atomic mass is 10.0. The molecule has 3 rings (SSSR count). The summed E-state index contributed by atoms with van der Waals surface area (Å²) in [6, 6.07) is 4.98. The fraction of sp³-hybridized carbons (Fsp3) is 0.667. The second-order valence-electron chi connectivity index (χ2n) is 8.07. The van der Waals surface area contributed by atoms with Crippen LogP contribution in [0.15, 0.2) is 23.1 Å². The number of hydrogen-bond donors (Lipinski definition) is 1. The molecule has 0 unspecified atom stereocenters. The highest BCUT2D eigenvalue weighted by atomic mass is 32.2. The maximum Gasteiger partial charge on any atom is 0.251 e. The van der Waals surface area contributed by atoms with Crippen molar-refractivity contribution in [3.63, 3.8) is 0 Å². The number of likely N-dealkylation sites (N-methyl/N-ethyl adjacent to an activating group) is 1. The van der Waals surface area contributed by atoms with Gasteiger partial charge < -0.3 is 10.2 Å². The van der Waals surface area contributed by atoms with Gasteiger partial charge in [0.25, 0.3) is 5.91 Å². The molecule has 0 radical (unpaired) electrons. The van der Waals surface area contributed by atoms with E-state index in [1.54, 1.807) is 19.1 Å². The molecule has 0 bridgehead atoms. The van der Waals surface area contributed by atoms with Crippen LogP contribution in [0.1, 0.15) is 48.0 Å². The van der Waals surface area contributed by atoms with Crippen LogP contribution < -0.4 is 5.32 Å². The van der Waals surface area contributed by atoms with Crippen molar-refractivity contribution in [1.82, 2.24) is 14.5 Å². The summed E-state index contributed by atoms with van der Waals surface area (Å²) in [4.78, 5) is 14.9. The zero-order valence-corrected chi connectivity index (χ0v) is 19.2. The molecule has 1 amide bonds. The van der Waals surface area contributed by atoms with Crippen molar-refractivity contribution >= 4 is 27.7 Å². The Hall–Kier alpha value is -1.09. The number of carbonyl (C=O) groups excluding carboxylic acids is 1. The van der Waals surface area contributed by atoms with Gasteiger partial charge in [-0.15, -0.1) is 0 Å². The Morgan fingerprint density at radius 3 is 2.52 bits per heavy atom. The third-order valence-electron chi connectivity index (χ3n) is 5.82. The van der Waals surface area contributed by atoms with Crippen molar-refractivity contribution in [2.45, 2.75) is 49.2 Å². The first-order chi connectivity index (χ1) is 13.9. The lowest BCUT2D eigenvalue weighted by Crippen LogP contribution is -2.47. The predicted octanol–water partition coefficient (Wildman–Crippen LogP) is 2.73. The second-order valence-corrected chi connectivity index (χ2v) is 11.4. The van der Waals surface area contributed by atoms with Gasteiger partial charge >= 0.3 is 0 Å². The minimum atomic E-state index is -3.59. The van der Waals surface area contributed by atoms with Crippen LogP contribution in [0.3, 0.4) is 0 Å². The van der Waals surface area contributed by atoms with E-state index < -0.39 is 10.0 Å². The Balaban J connectivity index is 1.59. The summed E-state index contributed by atoms with van der Waals surface area (Å²) in [6.45, 7) is 4.79. The van der Waals surface area contributed by atoms with Gasteiger partial charge in [-0.05, 0) is 44.5 Å². The average Bonchev–Trinajstić information content (AvgIpc) is 2.72. The monoisotopic (exact) mass is 439 g/mol. The minimum Gasteiger partial charge on any atom is -0.351 e. The van der Waals surface area contributed by atoms with E-state index in [0.29, 0.717) is 30.8 Å². The molecule has 1 heterocycles. The molecule has 1 aromatic rings. The number of rotatable bonds is 7. The highest BCUT2D eigenvalue weighted by Crippen LogP contribution is 2.28. The zero-order chi connectivity index (χ0) is 20.9. The number of hydrogen-bond acceptors (Lipinski definition) is 5. The molecule has 1 saturated heterocycles. The topological polar surface area (TPSA) is 69.7 Å². The van der Waals surface area contributed by atoms with Gasteiger partial charge in [0.2, 0.25) is 10.0 Å². The van der Waals surface area contributed by atoms with Crippen LogP contribution in [-0.4, -0.2) is 74.3 Å². The Kier molecular flexibility index (Phi) is 8.01. The number of amides is 1. The van der Waals surface area contributed by atoms with E-state index >= 15 is 0 Å². The Morgan fingerprint density at radius 2 is 1.83 bits per heavy atom. The van der Waals surface area contributed by atoms with Crippen molar-refractivity contribution in [2.24, 2.45) is 0 Å². The molecule has 1 N–H and O–H groups in total. The molecule has 1 aliphatic heterocycles. The van der Waals surface area contributed by atoms with E-state index in [2.05, 4.69) is 10.2 Å². The molecule has 0 aromatic heterocycles. The molecule has 1 saturated carbocycles. The van der Waals surface area contributed by atoms with E-state index in [1.807, 2.05) is 18.8 Å². The van der Waals surface area contributed by atoms with Gasteiger partial charge in [0, 0.05) is 49.3 Å². The summed E-state index contributed by atoms with van der Waals surface area (Å²) in [5.74, 6) is 0.693. The van der Waals surface area contributed by atoms with Crippen molar-refractivity contribution in [3.8, 4) is 0 Å². The number of sulfonamides is 1. The third kappa shape index (κ3) is 5.96. The summed E-state index contributed by atoms with van der Waals surface area (Å²) in [6.07, 6.45) is 6.55. The molecule has 29 heavy (non-hydrogen) atoms. The number of benzene rings is 1. The summed E-state index contributed by atoms with van der Waals surface area (Å²) < 4.78 is 27.7. The average molecular weight is 440 g/mol. The Morgan fingerprint density at radius 1 is 1.14 bits per heavy atom. The largest absolute Gasteiger partial charge is 0.351 e. The minimum absolute atomic E-state index is 0.205. The quantitative estimate of drug-likeness (QED) is 0.662. The standard InChI is InChI=1S/C21H33N3O3S2/c1-17-8-9-18(21(25)22-10-15-28-19-6-4-3-5-7-19)16-20(17)29(26,27)24-13-11-23(2)12-14-24/h8-9,16,19H,3-7,10-15H2,1-2H3,(H,22,25). The Bertz CT molecular complexity index is 799. The van der Waals surface area contributed by atoms with E-state index in [4.69, 9.17) is 0 Å². The molecule has 0 spiro atoms. The molecule has 0 atom stereocenters. The van der Waals surface area contributed by atoms with Crippen molar-refractivity contribution in [2.75, 3.05) is 45.5 Å². The van der Waals surface area contributed by atoms with Gasteiger partial charge in [0.1, 0.15) is 0 Å². The van der Waals surface area contributed by atoms with E-state index in [0.717, 1.165) is 24.1 Å². The van der Waals surface area contributed by atoms with Crippen LogP contribution >= 0.6 is 11.8 Å². The number of carbonyl (C=O) groups is 1. The summed E-state index contributed by atoms with van der Waals surface area (Å²) in [5.41, 5.74) is 1.08. The predicted molar refractivity (Wildman–Crippen MR) is 119 cm³/mol. The lowest BCUT2D eigenvalue weighted by Gasteiger charge is -2.32. The summed E-state index contributed by atoms with van der Waals surface area (Å²) in [5, 5.41) is 3.67. The summed E-state index contributed by atoms with van der Waals surface area (Å²) >= 11 is 1.94. The van der Waals surface area contributed by atoms with Crippen molar-refractivity contribution in [3.05, 3.63) is 29.3 Å². The van der Waals surface area contributed by atoms with Gasteiger partial charge in [-0.25, -0.2) is 8.42 Å². The zero-order valence-electron chi connectivity index (χ0n) is 17.5. The first kappa shape index (κ1) is 22.6. The molecule has 2 fully saturated rings. The number of thioether (sulfide) groups is 1. The molecular formula is C21H33N3O3S2. The molecule has 2 aliphatic rings. The van der Waals surface area contributed by atoms with Crippen LogP contribution in [0, 0.1) is 6.92 Å². The highest BCUT2D eigenvalue weighted by molar-refractivity contribution is 7.99. The van der Waals surface area contributed by atoms with Gasteiger partial charge in [-0.3, -0.25) is 4.79 Å². The second kappa shape index (κ2) is 10.3. The maximum absolute atomic E-state index is 13.1. The normalized spacial score (nSPS) is 19.9. The molecule has 6 nitrogen and oxygen atoms in total. The van der Waals surface area contributed by atoms with E-state index in [1.165, 1.54) is 42.5 Å². The van der Waals surface area contributed by atoms with Crippen LogP contribution in [0.4, 0.5) is 0 Å². The first-order valence-electron chi connectivity index (χ1n) is 10.6. The molecular weight excluding hydrogens is 406 g/mol. The lowest BCUT2D eigenvalue weighted by molar-refractivity contribution is 0.0956. The molecule has 1 aliphatic carbocycles. The van der Waals surface area contributed by atoms with Gasteiger partial charge in [0.05, 0.1) is 4.90 Å². The van der Waals surface area contributed by atoms with Gasteiger partial charge in [0.15, 0.2) is 0 Å². The molecule has 1 aromatic carbocycles. The number of nitrogens with one attached hydrogen (secondary N) is 1. The third-order valence-corrected chi connectivity index (χ3v) is 9.25. The fourth-order valence-corrected chi connectivity index (χ4v) is 6.80. The number of nitrogens with zero attached hydrogens (tertiary/aromatic N) is 2. The Labute approximate surface area is 179 Å². The number of piperazine rings is 1. The van der Waals surface area contributed by atoms with Crippen LogP contribution in [0.2, 0.25) is 0 Å². The summed E-state index contributed by atoms with van der Waals surface area (Å²) in [7, 11) is -1.60.